The Kier molecular flexibility index (Phi) is 6.09. The highest BCUT2D eigenvalue weighted by atomic mass is 32.2. The van der Waals surface area contributed by atoms with Crippen LogP contribution in [0.3, 0.4) is 0 Å². The van der Waals surface area contributed by atoms with Crippen LogP contribution in [0.4, 0.5) is 10.8 Å². The number of carbonyl (C=O) groups is 1. The second-order valence-corrected chi connectivity index (χ2v) is 8.26. The maximum atomic E-state index is 12.0. The lowest BCUT2D eigenvalue weighted by atomic mass is 9.95. The van der Waals surface area contributed by atoms with E-state index >= 15 is 0 Å². The van der Waals surface area contributed by atoms with Gasteiger partial charge >= 0.3 is 0 Å². The lowest BCUT2D eigenvalue weighted by Crippen LogP contribution is -2.37. The van der Waals surface area contributed by atoms with Gasteiger partial charge < -0.3 is 10.6 Å². The third-order valence-corrected chi connectivity index (χ3v) is 5.98. The molecule has 2 N–H and O–H groups in total. The predicted molar refractivity (Wildman–Crippen MR) is 100 cm³/mol. The highest BCUT2D eigenvalue weighted by molar-refractivity contribution is 8.01. The first-order chi connectivity index (χ1) is 11.7. The number of hydrogen-bond acceptors (Lipinski definition) is 6. The quantitative estimate of drug-likeness (QED) is 0.756. The highest BCUT2D eigenvalue weighted by Gasteiger charge is 2.16. The molecular formula is C17H22N4OS2. The molecule has 0 spiro atoms. The number of aryl methyl sites for hydroxylation is 1. The van der Waals surface area contributed by atoms with Crippen molar-refractivity contribution in [3.8, 4) is 0 Å². The van der Waals surface area contributed by atoms with Crippen molar-refractivity contribution in [2.45, 2.75) is 49.4 Å². The fraction of sp³-hybridized carbons (Fsp3) is 0.471. The average Bonchev–Trinajstić information content (AvgIpc) is 3.04. The van der Waals surface area contributed by atoms with Crippen LogP contribution < -0.4 is 10.6 Å². The molecule has 2 aromatic rings. The molecule has 128 valence electrons. The number of nitrogens with one attached hydrogen (secondary N) is 2. The molecule has 1 fully saturated rings. The molecule has 0 radical (unpaired) electrons. The Balaban J connectivity index is 1.45. The molecule has 1 aromatic heterocycles. The van der Waals surface area contributed by atoms with E-state index in [1.54, 1.807) is 0 Å². The standard InChI is InChI=1S/C17H22N4OS2/c1-12-7-9-14(10-8-12)19-16-20-21-17(24-16)23-11-15(22)18-13-5-3-2-4-6-13/h7-10,13H,2-6,11H2,1H3,(H,18,22)(H,19,20). The zero-order chi connectivity index (χ0) is 16.8. The number of aromatic nitrogens is 2. The Bertz CT molecular complexity index is 665. The van der Waals surface area contributed by atoms with Gasteiger partial charge in [0, 0.05) is 11.7 Å². The Morgan fingerprint density at radius 2 is 1.96 bits per heavy atom. The zero-order valence-corrected chi connectivity index (χ0v) is 15.4. The number of anilines is 2. The van der Waals surface area contributed by atoms with Crippen LogP contribution >= 0.6 is 23.1 Å². The number of thioether (sulfide) groups is 1. The van der Waals surface area contributed by atoms with E-state index in [1.807, 2.05) is 12.1 Å². The van der Waals surface area contributed by atoms with Gasteiger partial charge in [-0.1, -0.05) is 60.1 Å². The third kappa shape index (κ3) is 5.21. The van der Waals surface area contributed by atoms with Gasteiger partial charge in [0.2, 0.25) is 11.0 Å². The van der Waals surface area contributed by atoms with E-state index in [2.05, 4.69) is 39.9 Å². The summed E-state index contributed by atoms with van der Waals surface area (Å²) >= 11 is 2.91. The Labute approximate surface area is 150 Å². The molecule has 0 atom stereocenters. The molecule has 1 saturated carbocycles. The Hall–Kier alpha value is -1.60. The molecule has 5 nitrogen and oxygen atoms in total. The maximum Gasteiger partial charge on any atom is 0.230 e. The number of hydrogen-bond donors (Lipinski definition) is 2. The fourth-order valence-corrected chi connectivity index (χ4v) is 4.31. The normalized spacial score (nSPS) is 15.2. The first kappa shape index (κ1) is 17.2. The van der Waals surface area contributed by atoms with Crippen molar-refractivity contribution in [2.75, 3.05) is 11.1 Å². The topological polar surface area (TPSA) is 66.9 Å². The van der Waals surface area contributed by atoms with Crippen LogP contribution in [0.15, 0.2) is 28.6 Å². The van der Waals surface area contributed by atoms with Crippen molar-refractivity contribution in [3.05, 3.63) is 29.8 Å². The van der Waals surface area contributed by atoms with E-state index in [4.69, 9.17) is 0 Å². The van der Waals surface area contributed by atoms with Gasteiger partial charge in [-0.2, -0.15) is 0 Å². The summed E-state index contributed by atoms with van der Waals surface area (Å²) < 4.78 is 0.809. The molecule has 1 aromatic carbocycles. The summed E-state index contributed by atoms with van der Waals surface area (Å²) in [5.74, 6) is 0.491. The first-order valence-corrected chi connectivity index (χ1v) is 10.1. The van der Waals surface area contributed by atoms with Gasteiger partial charge in [-0.25, -0.2) is 0 Å². The Morgan fingerprint density at radius 3 is 2.71 bits per heavy atom. The second-order valence-electron chi connectivity index (χ2n) is 6.06. The lowest BCUT2D eigenvalue weighted by molar-refractivity contribution is -0.119. The van der Waals surface area contributed by atoms with Crippen LogP contribution in [0.1, 0.15) is 37.7 Å². The predicted octanol–water partition coefficient (Wildman–Crippen LogP) is 4.13. The van der Waals surface area contributed by atoms with Crippen LogP contribution in [0, 0.1) is 6.92 Å². The van der Waals surface area contributed by atoms with Gasteiger partial charge in [-0.3, -0.25) is 4.79 Å². The number of nitrogens with zero attached hydrogens (tertiary/aromatic N) is 2. The summed E-state index contributed by atoms with van der Waals surface area (Å²) in [6, 6.07) is 8.49. The molecule has 0 unspecified atom stereocenters. The van der Waals surface area contributed by atoms with Crippen molar-refractivity contribution < 1.29 is 4.79 Å². The van der Waals surface area contributed by atoms with Gasteiger partial charge in [0.25, 0.3) is 0 Å². The van der Waals surface area contributed by atoms with Crippen molar-refractivity contribution in [2.24, 2.45) is 0 Å². The van der Waals surface area contributed by atoms with E-state index in [-0.39, 0.29) is 5.91 Å². The van der Waals surface area contributed by atoms with Gasteiger partial charge in [-0.05, 0) is 31.9 Å². The van der Waals surface area contributed by atoms with Crippen LogP contribution in [-0.4, -0.2) is 27.9 Å². The van der Waals surface area contributed by atoms with Gasteiger partial charge in [0.05, 0.1) is 5.75 Å². The van der Waals surface area contributed by atoms with Gasteiger partial charge in [-0.15, -0.1) is 10.2 Å². The lowest BCUT2D eigenvalue weighted by Gasteiger charge is -2.22. The minimum atomic E-state index is 0.0927. The fourth-order valence-electron chi connectivity index (χ4n) is 2.72. The molecule has 1 aliphatic carbocycles. The molecule has 1 heterocycles. The highest BCUT2D eigenvalue weighted by Crippen LogP contribution is 2.27. The first-order valence-electron chi connectivity index (χ1n) is 8.28. The van der Waals surface area contributed by atoms with Gasteiger partial charge in [0.1, 0.15) is 0 Å². The minimum absolute atomic E-state index is 0.0927. The number of amides is 1. The number of benzene rings is 1. The monoisotopic (exact) mass is 362 g/mol. The summed E-state index contributed by atoms with van der Waals surface area (Å²) in [6.07, 6.45) is 5.97. The third-order valence-electron chi connectivity index (χ3n) is 4.01. The molecule has 7 heteroatoms. The zero-order valence-electron chi connectivity index (χ0n) is 13.7. The molecule has 3 rings (SSSR count). The van der Waals surface area contributed by atoms with Crippen LogP contribution in [0.2, 0.25) is 0 Å². The molecular weight excluding hydrogens is 340 g/mol. The van der Waals surface area contributed by atoms with Crippen molar-refractivity contribution in [1.82, 2.24) is 15.5 Å². The summed E-state index contributed by atoms with van der Waals surface area (Å²) in [5, 5.41) is 15.4. The van der Waals surface area contributed by atoms with E-state index in [0.717, 1.165) is 28.0 Å². The molecule has 0 saturated heterocycles. The average molecular weight is 363 g/mol. The summed E-state index contributed by atoms with van der Waals surface area (Å²) in [7, 11) is 0. The Morgan fingerprint density at radius 1 is 1.21 bits per heavy atom. The van der Waals surface area contributed by atoms with Crippen LogP contribution in [0.25, 0.3) is 0 Å². The summed E-state index contributed by atoms with van der Waals surface area (Å²) in [5.41, 5.74) is 2.21. The van der Waals surface area contributed by atoms with Crippen molar-refractivity contribution in [3.63, 3.8) is 0 Å². The van der Waals surface area contributed by atoms with E-state index in [9.17, 15) is 4.79 Å². The van der Waals surface area contributed by atoms with E-state index < -0.39 is 0 Å². The number of rotatable bonds is 6. The van der Waals surface area contributed by atoms with Crippen LogP contribution in [0.5, 0.6) is 0 Å². The van der Waals surface area contributed by atoms with E-state index in [1.165, 1.54) is 47.9 Å². The van der Waals surface area contributed by atoms with E-state index in [0.29, 0.717) is 11.8 Å². The van der Waals surface area contributed by atoms with Crippen molar-refractivity contribution >= 4 is 39.8 Å². The van der Waals surface area contributed by atoms with Crippen LogP contribution in [-0.2, 0) is 4.79 Å². The van der Waals surface area contributed by atoms with Crippen molar-refractivity contribution in [1.29, 1.82) is 0 Å². The molecule has 0 bridgehead atoms. The minimum Gasteiger partial charge on any atom is -0.353 e. The summed E-state index contributed by atoms with van der Waals surface area (Å²) in [4.78, 5) is 12.0. The largest absolute Gasteiger partial charge is 0.353 e. The maximum absolute atomic E-state index is 12.0. The molecule has 0 aliphatic heterocycles. The smallest absolute Gasteiger partial charge is 0.230 e. The second kappa shape index (κ2) is 8.48. The van der Waals surface area contributed by atoms with Gasteiger partial charge in [0.15, 0.2) is 4.34 Å². The number of carbonyl (C=O) groups excluding carboxylic acids is 1. The molecule has 1 aliphatic rings. The molecule has 24 heavy (non-hydrogen) atoms. The summed E-state index contributed by atoms with van der Waals surface area (Å²) in [6.45, 7) is 2.06. The molecule has 1 amide bonds. The SMILES string of the molecule is Cc1ccc(Nc2nnc(SCC(=O)NC3CCCCC3)s2)cc1.